The fourth-order valence-electron chi connectivity index (χ4n) is 7.76. The van der Waals surface area contributed by atoms with E-state index in [0.29, 0.717) is 11.1 Å². The molecule has 72 heavy (non-hydrogen) atoms. The molecular formula is C60H90O9Sn3. The Hall–Kier alpha value is -2.88. The third kappa shape index (κ3) is 32.4. The van der Waals surface area contributed by atoms with Gasteiger partial charge in [0, 0.05) is 0 Å². The molecular weight excluding hydrogens is 1220 g/mol. The van der Waals surface area contributed by atoms with Crippen molar-refractivity contribution in [3.05, 3.63) is 144 Å². The third-order valence-corrected chi connectivity index (χ3v) is 48.3. The van der Waals surface area contributed by atoms with Crippen LogP contribution in [0.4, 0.5) is 0 Å². The van der Waals surface area contributed by atoms with Crippen molar-refractivity contribution in [3.63, 3.8) is 0 Å². The van der Waals surface area contributed by atoms with Gasteiger partial charge < -0.3 is 19.8 Å². The molecule has 396 valence electrons. The second-order valence-electron chi connectivity index (χ2n) is 18.4. The van der Waals surface area contributed by atoms with Crippen LogP contribution in [0.5, 0.6) is 0 Å². The van der Waals surface area contributed by atoms with Crippen LogP contribution in [-0.4, -0.2) is 83.4 Å². The average Bonchev–Trinajstić information content (AvgIpc) is 3.41. The van der Waals surface area contributed by atoms with E-state index in [1.54, 1.807) is 82.4 Å². The molecule has 0 aromatic heterocycles. The Morgan fingerprint density at radius 1 is 0.361 bits per heavy atom. The van der Waals surface area contributed by atoms with E-state index >= 15 is 0 Å². The monoisotopic (exact) mass is 1310 g/mol. The molecule has 4 aromatic carbocycles. The van der Waals surface area contributed by atoms with Gasteiger partial charge in [-0.3, -0.25) is 0 Å². The minimum atomic E-state index is -4.01. The van der Waals surface area contributed by atoms with E-state index in [2.05, 4.69) is 41.5 Å². The molecule has 12 heteroatoms. The third-order valence-electron chi connectivity index (χ3n) is 12.0. The van der Waals surface area contributed by atoms with E-state index in [1.807, 2.05) is 36.4 Å². The largest absolute Gasteiger partial charge is 0.545 e. The van der Waals surface area contributed by atoms with E-state index in [9.17, 15) is 29.4 Å². The van der Waals surface area contributed by atoms with Gasteiger partial charge in [-0.05, 0) is 11.1 Å². The van der Waals surface area contributed by atoms with Gasteiger partial charge in [0.1, 0.15) is 0 Å². The van der Waals surface area contributed by atoms with Crippen molar-refractivity contribution in [2.45, 2.75) is 197 Å². The number of carbonyl (C=O) groups is 4. The standard InChI is InChI=1S/2C8H17.4C7H6O2.4C4H9.O.3Sn/c2*1-3-5-7-8-6-4-2;4*8-7(9)6-4-2-1-3-5-6;4*1-3-4-2;;;;/h2*1,3-8H2,2H3;4*1-5H,(H,8,9);4*1,3-4H2,2H3;;;;/q;;;;;;;;;;;2*+1;+2/p-4. The van der Waals surface area contributed by atoms with Crippen LogP contribution in [0.3, 0.4) is 0 Å². The van der Waals surface area contributed by atoms with Gasteiger partial charge in [0.2, 0.25) is 0 Å². The number of hydrogen-bond acceptors (Lipinski definition) is 9. The molecule has 4 aromatic rings. The molecule has 0 radical (unpaired) electrons. The molecule has 0 aliphatic rings. The molecule has 4 rings (SSSR count). The summed E-state index contributed by atoms with van der Waals surface area (Å²) >= 11 is -7.94. The van der Waals surface area contributed by atoms with Crippen LogP contribution >= 0.6 is 0 Å². The van der Waals surface area contributed by atoms with Crippen LogP contribution in [0.15, 0.2) is 121 Å². The SMILES string of the molecule is CCCCCCC[CH2][Sn+2][CH2]CCCCCCC.CCC[CH2][Sn]([CH2]CCC)([O]C(=O)c1ccccc1)[O][Sn]([CH2]CCC)([CH2]CCC)[O]C(=O)c1ccccc1.O=C([O-])c1ccccc1.O=C([O-])c1ccccc1. The Kier molecular flexibility index (Phi) is 41.4. The molecule has 0 spiro atoms. The Morgan fingerprint density at radius 2 is 0.611 bits per heavy atom. The summed E-state index contributed by atoms with van der Waals surface area (Å²) in [6, 6.07) is 34.6. The molecule has 0 heterocycles. The fourth-order valence-corrected chi connectivity index (χ4v) is 52.4. The van der Waals surface area contributed by atoms with E-state index in [4.69, 9.17) is 7.56 Å². The van der Waals surface area contributed by atoms with Crippen LogP contribution in [0.1, 0.15) is 211 Å². The summed E-state index contributed by atoms with van der Waals surface area (Å²) in [5.74, 6) is -2.83. The maximum absolute atomic E-state index is 13.4. The first-order valence-corrected chi connectivity index (χ1v) is 44.2. The molecule has 0 saturated carbocycles. The zero-order valence-corrected chi connectivity index (χ0v) is 53.7. The van der Waals surface area contributed by atoms with Gasteiger partial charge in [0.05, 0.1) is 11.9 Å². The van der Waals surface area contributed by atoms with E-state index in [1.165, 1.54) is 88.5 Å². The summed E-state index contributed by atoms with van der Waals surface area (Å²) in [6.45, 7) is 13.3. The molecule has 0 saturated heterocycles. The maximum Gasteiger partial charge on any atom is 0.0715 e. The quantitative estimate of drug-likeness (QED) is 0.0330. The summed E-state index contributed by atoms with van der Waals surface area (Å²) in [7, 11) is 0. The minimum Gasteiger partial charge on any atom is -0.545 e. The normalized spacial score (nSPS) is 10.8. The van der Waals surface area contributed by atoms with Crippen molar-refractivity contribution >= 4 is 83.4 Å². The van der Waals surface area contributed by atoms with Crippen LogP contribution in [-0.2, 0) is 7.56 Å². The Morgan fingerprint density at radius 3 is 0.861 bits per heavy atom. The van der Waals surface area contributed by atoms with Gasteiger partial charge >= 0.3 is 357 Å². The van der Waals surface area contributed by atoms with Crippen LogP contribution in [0.2, 0.25) is 26.6 Å². The Labute approximate surface area is 456 Å². The van der Waals surface area contributed by atoms with Crippen molar-refractivity contribution in [1.29, 1.82) is 0 Å². The zero-order chi connectivity index (χ0) is 53.0. The van der Waals surface area contributed by atoms with Crippen molar-refractivity contribution in [2.24, 2.45) is 0 Å². The molecule has 0 amide bonds. The van der Waals surface area contributed by atoms with Crippen molar-refractivity contribution < 1.29 is 37.0 Å². The predicted octanol–water partition coefficient (Wildman–Crippen LogP) is 15.2. The summed E-state index contributed by atoms with van der Waals surface area (Å²) in [5, 5.41) is 20.2. The van der Waals surface area contributed by atoms with Gasteiger partial charge in [-0.25, -0.2) is 0 Å². The van der Waals surface area contributed by atoms with E-state index in [-0.39, 0.29) is 44.2 Å². The van der Waals surface area contributed by atoms with Gasteiger partial charge in [-0.1, -0.05) is 60.7 Å². The summed E-state index contributed by atoms with van der Waals surface area (Å²) < 4.78 is 27.0. The summed E-state index contributed by atoms with van der Waals surface area (Å²) in [5.41, 5.74) is 1.56. The molecule has 0 aliphatic carbocycles. The van der Waals surface area contributed by atoms with Crippen LogP contribution < -0.4 is 10.2 Å². The van der Waals surface area contributed by atoms with Crippen molar-refractivity contribution in [2.75, 3.05) is 0 Å². The molecule has 0 fully saturated rings. The number of rotatable bonds is 34. The second-order valence-corrected chi connectivity index (χ2v) is 44.5. The first-order chi connectivity index (χ1) is 35.0. The minimum absolute atomic E-state index is 0.0736. The number of hydrogen-bond donors (Lipinski definition) is 0. The van der Waals surface area contributed by atoms with Crippen LogP contribution in [0.25, 0.3) is 0 Å². The fraction of sp³-hybridized carbons (Fsp3) is 0.533. The van der Waals surface area contributed by atoms with Crippen LogP contribution in [0, 0.1) is 0 Å². The first kappa shape index (κ1) is 67.1. The van der Waals surface area contributed by atoms with E-state index < -0.39 is 50.3 Å². The molecule has 9 nitrogen and oxygen atoms in total. The second kappa shape index (κ2) is 44.4. The van der Waals surface area contributed by atoms with Gasteiger partial charge in [-0.2, -0.15) is 0 Å². The molecule has 0 N–H and O–H groups in total. The number of carboxylic acids is 2. The number of carboxylic acid groups (broad SMARTS) is 2. The molecule has 0 aliphatic heterocycles. The zero-order valence-electron chi connectivity index (χ0n) is 45.1. The molecule has 0 atom stereocenters. The Bertz CT molecular complexity index is 1780. The first-order valence-electron chi connectivity index (χ1n) is 27.5. The van der Waals surface area contributed by atoms with Crippen molar-refractivity contribution in [3.8, 4) is 0 Å². The van der Waals surface area contributed by atoms with Gasteiger partial charge in [0.15, 0.2) is 0 Å². The Balaban J connectivity index is 0.000000598. The smallest absolute Gasteiger partial charge is 0.0715 e. The number of unbranched alkanes of at least 4 members (excludes halogenated alkanes) is 14. The number of aromatic carboxylic acids is 2. The maximum atomic E-state index is 13.4. The topological polar surface area (TPSA) is 142 Å². The predicted molar refractivity (Wildman–Crippen MR) is 299 cm³/mol. The molecule has 0 unspecified atom stereocenters. The van der Waals surface area contributed by atoms with Gasteiger partial charge in [-0.15, -0.1) is 0 Å². The van der Waals surface area contributed by atoms with E-state index in [0.717, 1.165) is 69.1 Å². The van der Waals surface area contributed by atoms with Crippen molar-refractivity contribution in [1.82, 2.24) is 0 Å². The summed E-state index contributed by atoms with van der Waals surface area (Å²) in [6.07, 6.45) is 25.7. The number of carbonyl (C=O) groups excluding carboxylic acids is 4. The summed E-state index contributed by atoms with van der Waals surface area (Å²) in [4.78, 5) is 47.0. The molecule has 0 bridgehead atoms. The average molecular weight is 1310 g/mol. The number of benzene rings is 4. The van der Waals surface area contributed by atoms with Gasteiger partial charge in [0.25, 0.3) is 0 Å².